The van der Waals surface area contributed by atoms with Crippen LogP contribution in [0.3, 0.4) is 0 Å². The van der Waals surface area contributed by atoms with Gasteiger partial charge in [0.1, 0.15) is 41.3 Å². The largest absolute Gasteiger partial charge is 0.507 e. The van der Waals surface area contributed by atoms with Gasteiger partial charge in [0.15, 0.2) is 11.5 Å². The van der Waals surface area contributed by atoms with Gasteiger partial charge in [-0.3, -0.25) is 0 Å². The second-order valence-corrected chi connectivity index (χ2v) is 7.34. The predicted octanol–water partition coefficient (Wildman–Crippen LogP) is 0.382. The molecule has 32 heavy (non-hydrogen) atoms. The molecule has 0 aliphatic carbocycles. The first kappa shape index (κ1) is 21.9. The number of benzene rings is 2. The molecule has 3 aromatic rings. The molecule has 8 N–H and O–H groups in total. The number of aliphatic hydroxyl groups excluding tert-OH is 4. The molecule has 2 heterocycles. The summed E-state index contributed by atoms with van der Waals surface area (Å²) in [7, 11) is 0. The highest BCUT2D eigenvalue weighted by Gasteiger charge is 2.45. The Morgan fingerprint density at radius 1 is 0.844 bits per heavy atom. The maximum atomic E-state index is 10.5. The fraction of sp³-hybridized carbons (Fsp3) is 0.286. The average Bonchev–Trinajstić information content (AvgIpc) is 2.76. The van der Waals surface area contributed by atoms with E-state index in [1.165, 1.54) is 30.3 Å². The zero-order valence-electron chi connectivity index (χ0n) is 16.4. The summed E-state index contributed by atoms with van der Waals surface area (Å²) < 4.78 is 16.6. The van der Waals surface area contributed by atoms with Gasteiger partial charge in [-0.1, -0.05) is 0 Å². The Labute approximate surface area is 180 Å². The lowest BCUT2D eigenvalue weighted by Crippen LogP contribution is -2.60. The highest BCUT2D eigenvalue weighted by molar-refractivity contribution is 5.88. The Hall–Kier alpha value is -3.35. The summed E-state index contributed by atoms with van der Waals surface area (Å²) in [4.78, 5) is 0. The van der Waals surface area contributed by atoms with Gasteiger partial charge in [0.05, 0.1) is 18.2 Å². The summed E-state index contributed by atoms with van der Waals surface area (Å²) in [5, 5.41) is 79.3. The standard InChI is InChI=1S/C21H20O11/c22-7-16-17(27)18(28)19(29)21(32-16)31-15-5-9(23)4-14-10(15)6-13(26)20(30-14)8-1-2-11(24)12(25)3-8/h1-6,16-19,21-22,27-29H,7H2,(H3-,23,24,25,26)/p+1/t16-,17-,18+,19-,21-/m1/s1. The van der Waals surface area contributed by atoms with E-state index in [4.69, 9.17) is 13.9 Å². The van der Waals surface area contributed by atoms with Crippen molar-refractivity contribution in [3.63, 3.8) is 0 Å². The summed E-state index contributed by atoms with van der Waals surface area (Å²) in [6.07, 6.45) is -7.64. The SMILES string of the molecule is OC[C@H]1O[C@@H](Oc2cc(O)cc3[o+]c(-c4ccc(O)c(O)c4)c(O)cc23)[C@H](O)[C@@H](O)[C@@H]1O. The van der Waals surface area contributed by atoms with Crippen molar-refractivity contribution in [1.82, 2.24) is 0 Å². The lowest BCUT2D eigenvalue weighted by Gasteiger charge is -2.39. The third kappa shape index (κ3) is 3.83. The third-order valence-electron chi connectivity index (χ3n) is 5.14. The van der Waals surface area contributed by atoms with Crippen LogP contribution < -0.4 is 4.74 Å². The van der Waals surface area contributed by atoms with E-state index < -0.39 is 43.1 Å². The van der Waals surface area contributed by atoms with E-state index in [2.05, 4.69) is 0 Å². The van der Waals surface area contributed by atoms with Crippen molar-refractivity contribution < 1.29 is 54.7 Å². The minimum Gasteiger partial charge on any atom is -0.507 e. The van der Waals surface area contributed by atoms with Gasteiger partial charge in [-0.05, 0) is 12.1 Å². The number of aromatic hydroxyl groups is 4. The smallest absolute Gasteiger partial charge is 0.402 e. The zero-order chi connectivity index (χ0) is 23.2. The van der Waals surface area contributed by atoms with Crippen molar-refractivity contribution >= 4 is 11.0 Å². The number of aliphatic hydroxyl groups is 4. The molecule has 11 heteroatoms. The minimum absolute atomic E-state index is 0.0463. The Morgan fingerprint density at radius 3 is 2.28 bits per heavy atom. The molecule has 0 amide bonds. The van der Waals surface area contributed by atoms with E-state index in [1.54, 1.807) is 0 Å². The molecule has 170 valence electrons. The van der Waals surface area contributed by atoms with Crippen molar-refractivity contribution in [2.45, 2.75) is 30.7 Å². The molecule has 1 fully saturated rings. The van der Waals surface area contributed by atoms with Crippen LogP contribution in [0.15, 0.2) is 40.8 Å². The number of hydrogen-bond acceptors (Lipinski definition) is 10. The topological polar surface area (TPSA) is 192 Å². The maximum Gasteiger partial charge on any atom is 0.402 e. The fourth-order valence-electron chi connectivity index (χ4n) is 3.44. The van der Waals surface area contributed by atoms with Gasteiger partial charge < -0.3 is 50.3 Å². The third-order valence-corrected chi connectivity index (χ3v) is 5.14. The molecule has 0 bridgehead atoms. The van der Waals surface area contributed by atoms with Crippen molar-refractivity contribution in [2.75, 3.05) is 6.61 Å². The summed E-state index contributed by atoms with van der Waals surface area (Å²) in [6, 6.07) is 7.42. The molecular formula is C21H21O11+. The molecule has 5 atom stereocenters. The molecule has 2 aromatic carbocycles. The van der Waals surface area contributed by atoms with Gasteiger partial charge in [-0.25, -0.2) is 4.42 Å². The Morgan fingerprint density at radius 2 is 1.59 bits per heavy atom. The van der Waals surface area contributed by atoms with Gasteiger partial charge in [-0.2, -0.15) is 0 Å². The summed E-state index contributed by atoms with van der Waals surface area (Å²) in [6.45, 7) is -0.648. The number of ether oxygens (including phenoxy) is 2. The van der Waals surface area contributed by atoms with Gasteiger partial charge in [0.25, 0.3) is 0 Å². The molecule has 1 aliphatic heterocycles. The van der Waals surface area contributed by atoms with E-state index in [9.17, 15) is 40.9 Å². The number of phenols is 3. The first-order chi connectivity index (χ1) is 15.2. The minimum atomic E-state index is -1.69. The van der Waals surface area contributed by atoms with Crippen LogP contribution in [0.4, 0.5) is 0 Å². The molecule has 0 spiro atoms. The van der Waals surface area contributed by atoms with Crippen molar-refractivity contribution in [1.29, 1.82) is 0 Å². The van der Waals surface area contributed by atoms with Crippen LogP contribution in [-0.2, 0) is 4.74 Å². The molecule has 11 nitrogen and oxygen atoms in total. The van der Waals surface area contributed by atoms with Crippen molar-refractivity contribution in [2.24, 2.45) is 0 Å². The second kappa shape index (κ2) is 8.30. The van der Waals surface area contributed by atoms with E-state index in [0.29, 0.717) is 0 Å². The Bertz CT molecular complexity index is 1150. The molecule has 1 saturated heterocycles. The number of phenolic OH excluding ortho intramolecular Hbond substituents is 3. The van der Waals surface area contributed by atoms with Crippen LogP contribution in [0, 0.1) is 0 Å². The van der Waals surface area contributed by atoms with Crippen molar-refractivity contribution in [3.05, 3.63) is 36.4 Å². The summed E-state index contributed by atoms with van der Waals surface area (Å²) in [5.74, 6) is -1.62. The van der Waals surface area contributed by atoms with Gasteiger partial charge in [-0.15, -0.1) is 0 Å². The lowest BCUT2D eigenvalue weighted by atomic mass is 9.99. The van der Waals surface area contributed by atoms with Crippen LogP contribution in [0.25, 0.3) is 22.3 Å². The average molecular weight is 449 g/mol. The molecule has 1 aliphatic rings. The van der Waals surface area contributed by atoms with Gasteiger partial charge in [0, 0.05) is 18.2 Å². The number of hydrogen-bond donors (Lipinski definition) is 8. The van der Waals surface area contributed by atoms with Crippen LogP contribution >= 0.6 is 0 Å². The van der Waals surface area contributed by atoms with Crippen LogP contribution in [0.2, 0.25) is 0 Å². The van der Waals surface area contributed by atoms with Crippen LogP contribution in [0.1, 0.15) is 0 Å². The summed E-state index contributed by atoms with van der Waals surface area (Å²) >= 11 is 0. The first-order valence-electron chi connectivity index (χ1n) is 9.52. The fourth-order valence-corrected chi connectivity index (χ4v) is 3.44. The molecule has 0 radical (unpaired) electrons. The van der Waals surface area contributed by atoms with E-state index >= 15 is 0 Å². The normalized spacial score (nSPS) is 25.7. The van der Waals surface area contributed by atoms with Crippen LogP contribution in [0.5, 0.6) is 28.7 Å². The van der Waals surface area contributed by atoms with E-state index in [0.717, 1.165) is 6.07 Å². The molecule has 1 aromatic heterocycles. The molecule has 0 unspecified atom stereocenters. The van der Waals surface area contributed by atoms with Crippen molar-refractivity contribution in [3.8, 4) is 40.1 Å². The highest BCUT2D eigenvalue weighted by Crippen LogP contribution is 2.41. The van der Waals surface area contributed by atoms with Crippen LogP contribution in [-0.4, -0.2) is 78.2 Å². The second-order valence-electron chi connectivity index (χ2n) is 7.34. The maximum absolute atomic E-state index is 10.5. The zero-order valence-corrected chi connectivity index (χ0v) is 16.4. The molecular weight excluding hydrogens is 428 g/mol. The summed E-state index contributed by atoms with van der Waals surface area (Å²) in [5.41, 5.74) is 0.282. The molecule has 0 saturated carbocycles. The molecule has 4 rings (SSSR count). The lowest BCUT2D eigenvalue weighted by molar-refractivity contribution is -0.277. The number of fused-ring (bicyclic) bond motifs is 1. The quantitative estimate of drug-likeness (QED) is 0.203. The van der Waals surface area contributed by atoms with E-state index in [-0.39, 0.29) is 45.3 Å². The first-order valence-corrected chi connectivity index (χ1v) is 9.52. The highest BCUT2D eigenvalue weighted by atomic mass is 16.7. The monoisotopic (exact) mass is 449 g/mol. The van der Waals surface area contributed by atoms with E-state index in [1.807, 2.05) is 0 Å². The Kier molecular flexibility index (Phi) is 5.67. The van der Waals surface area contributed by atoms with Gasteiger partial charge in [0.2, 0.25) is 12.0 Å². The van der Waals surface area contributed by atoms with Gasteiger partial charge >= 0.3 is 11.3 Å². The predicted molar refractivity (Wildman–Crippen MR) is 107 cm³/mol. The Balaban J connectivity index is 1.74. The number of rotatable bonds is 4.